The predicted octanol–water partition coefficient (Wildman–Crippen LogP) is 3.38. The van der Waals surface area contributed by atoms with Gasteiger partial charge in [-0.3, -0.25) is 0 Å². The zero-order chi connectivity index (χ0) is 13.0. The monoisotopic (exact) mass is 252 g/mol. The van der Waals surface area contributed by atoms with E-state index in [1.807, 2.05) is 6.92 Å². The van der Waals surface area contributed by atoms with Gasteiger partial charge in [0.25, 0.3) is 0 Å². The van der Waals surface area contributed by atoms with E-state index in [0.717, 1.165) is 5.92 Å². The maximum atomic E-state index is 10.6. The van der Waals surface area contributed by atoms with Gasteiger partial charge in [0.2, 0.25) is 0 Å². The standard InChI is InChI=1S/C16H28O2/c1-4-18-8-13(17)16-7-12-5-14(2,10-16)9-15(3,6-12)11-16/h12-13,17H,4-11H2,1-3H3. The molecule has 4 aliphatic carbocycles. The molecule has 0 saturated heterocycles. The normalized spacial score (nSPS) is 51.7. The zero-order valence-electron chi connectivity index (χ0n) is 12.2. The maximum Gasteiger partial charge on any atom is 0.0830 e. The molecule has 4 saturated carbocycles. The Hall–Kier alpha value is -0.0800. The molecule has 104 valence electrons. The van der Waals surface area contributed by atoms with E-state index in [4.69, 9.17) is 4.74 Å². The van der Waals surface area contributed by atoms with Crippen LogP contribution in [0.15, 0.2) is 0 Å². The van der Waals surface area contributed by atoms with Crippen LogP contribution in [0.1, 0.15) is 59.3 Å². The first-order valence-corrected chi connectivity index (χ1v) is 7.65. The van der Waals surface area contributed by atoms with Crippen molar-refractivity contribution < 1.29 is 9.84 Å². The fourth-order valence-electron chi connectivity index (χ4n) is 6.31. The summed E-state index contributed by atoms with van der Waals surface area (Å²) >= 11 is 0. The number of hydrogen-bond donors (Lipinski definition) is 1. The Morgan fingerprint density at radius 1 is 1.11 bits per heavy atom. The Labute approximate surface area is 111 Å². The lowest BCUT2D eigenvalue weighted by Crippen LogP contribution is -2.59. The molecule has 0 heterocycles. The average molecular weight is 252 g/mol. The second-order valence-corrected chi connectivity index (χ2v) is 8.17. The summed E-state index contributed by atoms with van der Waals surface area (Å²) in [5.41, 5.74) is 1.14. The molecule has 0 aromatic rings. The van der Waals surface area contributed by atoms with E-state index in [0.29, 0.717) is 24.0 Å². The van der Waals surface area contributed by atoms with E-state index < -0.39 is 0 Å². The van der Waals surface area contributed by atoms with Crippen LogP contribution in [0.4, 0.5) is 0 Å². The number of hydrogen-bond acceptors (Lipinski definition) is 2. The van der Waals surface area contributed by atoms with Gasteiger partial charge in [-0.15, -0.1) is 0 Å². The van der Waals surface area contributed by atoms with Gasteiger partial charge in [-0.2, -0.15) is 0 Å². The Morgan fingerprint density at radius 2 is 1.72 bits per heavy atom. The van der Waals surface area contributed by atoms with Crippen LogP contribution in [0.3, 0.4) is 0 Å². The minimum absolute atomic E-state index is 0.165. The molecule has 4 rings (SSSR count). The molecule has 0 spiro atoms. The Balaban J connectivity index is 1.84. The third-order valence-corrected chi connectivity index (χ3v) is 5.86. The summed E-state index contributed by atoms with van der Waals surface area (Å²) in [6.07, 6.45) is 7.60. The highest BCUT2D eigenvalue weighted by molar-refractivity contribution is 5.12. The van der Waals surface area contributed by atoms with Gasteiger partial charge in [0.1, 0.15) is 0 Å². The van der Waals surface area contributed by atoms with E-state index in [1.165, 1.54) is 38.5 Å². The molecule has 2 nitrogen and oxygen atoms in total. The van der Waals surface area contributed by atoms with Crippen molar-refractivity contribution in [3.63, 3.8) is 0 Å². The lowest BCUT2D eigenvalue weighted by Gasteiger charge is -2.66. The average Bonchev–Trinajstić information content (AvgIpc) is 2.20. The van der Waals surface area contributed by atoms with Gasteiger partial charge in [-0.25, -0.2) is 0 Å². The van der Waals surface area contributed by atoms with Crippen molar-refractivity contribution in [2.45, 2.75) is 65.4 Å². The molecule has 0 aliphatic heterocycles. The van der Waals surface area contributed by atoms with Gasteiger partial charge in [0, 0.05) is 6.61 Å². The maximum absolute atomic E-state index is 10.6. The Kier molecular flexibility index (Phi) is 2.84. The van der Waals surface area contributed by atoms with E-state index >= 15 is 0 Å². The van der Waals surface area contributed by atoms with Gasteiger partial charge in [0.05, 0.1) is 12.7 Å². The first-order valence-electron chi connectivity index (χ1n) is 7.65. The first kappa shape index (κ1) is 12.9. The molecule has 0 amide bonds. The van der Waals surface area contributed by atoms with E-state index in [9.17, 15) is 5.11 Å². The van der Waals surface area contributed by atoms with Crippen LogP contribution < -0.4 is 0 Å². The first-order chi connectivity index (χ1) is 8.39. The Bertz CT molecular complexity index is 320. The Morgan fingerprint density at radius 3 is 2.22 bits per heavy atom. The molecule has 4 bridgehead atoms. The summed E-state index contributed by atoms with van der Waals surface area (Å²) in [5.74, 6) is 0.854. The van der Waals surface area contributed by atoms with Crippen molar-refractivity contribution >= 4 is 0 Å². The molecule has 2 heteroatoms. The van der Waals surface area contributed by atoms with Gasteiger partial charge in [-0.1, -0.05) is 13.8 Å². The third kappa shape index (κ3) is 1.92. The van der Waals surface area contributed by atoms with Crippen molar-refractivity contribution in [1.29, 1.82) is 0 Å². The van der Waals surface area contributed by atoms with Crippen molar-refractivity contribution in [1.82, 2.24) is 0 Å². The van der Waals surface area contributed by atoms with E-state index in [-0.39, 0.29) is 11.5 Å². The smallest absolute Gasteiger partial charge is 0.0830 e. The lowest BCUT2D eigenvalue weighted by molar-refractivity contribution is -0.195. The van der Waals surface area contributed by atoms with Crippen molar-refractivity contribution in [3.8, 4) is 0 Å². The third-order valence-electron chi connectivity index (χ3n) is 5.86. The van der Waals surface area contributed by atoms with Gasteiger partial charge in [0.15, 0.2) is 0 Å². The predicted molar refractivity (Wildman–Crippen MR) is 72.3 cm³/mol. The highest BCUT2D eigenvalue weighted by Crippen LogP contribution is 2.70. The second kappa shape index (κ2) is 3.96. The molecule has 4 fully saturated rings. The summed E-state index contributed by atoms with van der Waals surface area (Å²) in [6, 6.07) is 0. The van der Waals surface area contributed by atoms with Crippen LogP contribution in [0.5, 0.6) is 0 Å². The molecule has 0 aromatic heterocycles. The number of aliphatic hydroxyl groups excluding tert-OH is 1. The molecule has 3 unspecified atom stereocenters. The fraction of sp³-hybridized carbons (Fsp3) is 1.00. The molecule has 1 N–H and O–H groups in total. The molecule has 0 radical (unpaired) electrons. The van der Waals surface area contributed by atoms with Gasteiger partial charge in [-0.05, 0) is 67.6 Å². The zero-order valence-corrected chi connectivity index (χ0v) is 12.2. The molecule has 0 aromatic carbocycles. The van der Waals surface area contributed by atoms with Crippen molar-refractivity contribution in [2.24, 2.45) is 22.2 Å². The SMILES string of the molecule is CCOCC(O)C12CC3CC(C)(CC(C)(C3)C1)C2. The van der Waals surface area contributed by atoms with Gasteiger partial charge >= 0.3 is 0 Å². The van der Waals surface area contributed by atoms with Crippen LogP contribution in [-0.2, 0) is 4.74 Å². The van der Waals surface area contributed by atoms with Crippen molar-refractivity contribution in [3.05, 3.63) is 0 Å². The topological polar surface area (TPSA) is 29.5 Å². The van der Waals surface area contributed by atoms with Gasteiger partial charge < -0.3 is 9.84 Å². The summed E-state index contributed by atoms with van der Waals surface area (Å²) in [4.78, 5) is 0. The van der Waals surface area contributed by atoms with Crippen molar-refractivity contribution in [2.75, 3.05) is 13.2 Å². The molecule has 3 atom stereocenters. The van der Waals surface area contributed by atoms with Crippen LogP contribution in [0.25, 0.3) is 0 Å². The van der Waals surface area contributed by atoms with E-state index in [1.54, 1.807) is 0 Å². The molecule has 4 aliphatic rings. The highest BCUT2D eigenvalue weighted by Gasteiger charge is 2.61. The van der Waals surface area contributed by atoms with Crippen LogP contribution in [0.2, 0.25) is 0 Å². The number of rotatable bonds is 4. The molecule has 18 heavy (non-hydrogen) atoms. The molecular weight excluding hydrogens is 224 g/mol. The highest BCUT2D eigenvalue weighted by atomic mass is 16.5. The minimum Gasteiger partial charge on any atom is -0.390 e. The quantitative estimate of drug-likeness (QED) is 0.831. The van der Waals surface area contributed by atoms with Crippen LogP contribution in [-0.4, -0.2) is 24.4 Å². The summed E-state index contributed by atoms with van der Waals surface area (Å²) in [6.45, 7) is 8.17. The summed E-state index contributed by atoms with van der Waals surface area (Å²) in [5, 5.41) is 10.6. The lowest BCUT2D eigenvalue weighted by atomic mass is 9.39. The fourth-order valence-corrected chi connectivity index (χ4v) is 6.31. The number of aliphatic hydroxyl groups is 1. The minimum atomic E-state index is -0.250. The molecular formula is C16H28O2. The van der Waals surface area contributed by atoms with E-state index in [2.05, 4.69) is 13.8 Å². The largest absolute Gasteiger partial charge is 0.390 e. The number of ether oxygens (including phenoxy) is 1. The summed E-state index contributed by atoms with van der Waals surface area (Å²) in [7, 11) is 0. The second-order valence-electron chi connectivity index (χ2n) is 8.17. The van der Waals surface area contributed by atoms with Crippen LogP contribution >= 0.6 is 0 Å². The van der Waals surface area contributed by atoms with Crippen LogP contribution in [0, 0.1) is 22.2 Å². The summed E-state index contributed by atoms with van der Waals surface area (Å²) < 4.78 is 5.50.